The lowest BCUT2D eigenvalue weighted by Crippen LogP contribution is -2.46. The van der Waals surface area contributed by atoms with E-state index in [0.29, 0.717) is 24.5 Å². The molecule has 0 radical (unpaired) electrons. The fraction of sp³-hybridized carbons (Fsp3) is 0.533. The van der Waals surface area contributed by atoms with Crippen molar-refractivity contribution in [1.82, 2.24) is 4.90 Å². The number of ether oxygens (including phenoxy) is 2. The van der Waals surface area contributed by atoms with Crippen LogP contribution in [0.5, 0.6) is 11.5 Å². The number of nitrogens with zero attached hydrogens (tertiary/aromatic N) is 1. The highest BCUT2D eigenvalue weighted by Gasteiger charge is 2.21. The Morgan fingerprint density at radius 2 is 2.10 bits per heavy atom. The lowest BCUT2D eigenvalue weighted by atomic mass is 10.0. The number of methoxy groups -OCH3 is 2. The Kier molecular flexibility index (Phi) is 4.84. The molecule has 2 N–H and O–H groups in total. The topological polar surface area (TPSA) is 64.8 Å². The summed E-state index contributed by atoms with van der Waals surface area (Å²) in [4.78, 5) is 14.1. The van der Waals surface area contributed by atoms with Gasteiger partial charge in [-0.05, 0) is 30.5 Å². The SMILES string of the molecule is COc1ccc(CC(=O)N2CCC[C@@H](N)C2)cc1OC. The van der Waals surface area contributed by atoms with Crippen LogP contribution in [0.3, 0.4) is 0 Å². The molecule has 5 heteroatoms. The van der Waals surface area contributed by atoms with Crippen LogP contribution in [0.15, 0.2) is 18.2 Å². The summed E-state index contributed by atoms with van der Waals surface area (Å²) in [5.41, 5.74) is 6.83. The molecule has 0 bridgehead atoms. The average Bonchev–Trinajstić information content (AvgIpc) is 2.47. The molecule has 0 aromatic heterocycles. The lowest BCUT2D eigenvalue weighted by molar-refractivity contribution is -0.131. The fourth-order valence-corrected chi connectivity index (χ4v) is 2.51. The molecular weight excluding hydrogens is 256 g/mol. The largest absolute Gasteiger partial charge is 0.493 e. The van der Waals surface area contributed by atoms with E-state index in [2.05, 4.69) is 0 Å². The van der Waals surface area contributed by atoms with Crippen LogP contribution in [0.4, 0.5) is 0 Å². The van der Waals surface area contributed by atoms with Gasteiger partial charge >= 0.3 is 0 Å². The predicted molar refractivity (Wildman–Crippen MR) is 77.0 cm³/mol. The highest BCUT2D eigenvalue weighted by Crippen LogP contribution is 2.28. The van der Waals surface area contributed by atoms with Crippen molar-refractivity contribution < 1.29 is 14.3 Å². The van der Waals surface area contributed by atoms with Crippen LogP contribution in [-0.2, 0) is 11.2 Å². The molecule has 2 rings (SSSR count). The number of likely N-dealkylation sites (tertiary alicyclic amines) is 1. The van der Waals surface area contributed by atoms with Crippen LogP contribution < -0.4 is 15.2 Å². The minimum absolute atomic E-state index is 0.109. The normalized spacial score (nSPS) is 18.8. The van der Waals surface area contributed by atoms with Crippen LogP contribution in [-0.4, -0.2) is 44.2 Å². The Bertz CT molecular complexity index is 476. The standard InChI is InChI=1S/C15H22N2O3/c1-19-13-6-5-11(8-14(13)20-2)9-15(18)17-7-3-4-12(16)10-17/h5-6,8,12H,3-4,7,9-10,16H2,1-2H3/t12-/m1/s1. The van der Waals surface area contributed by atoms with Gasteiger partial charge in [-0.25, -0.2) is 0 Å². The summed E-state index contributed by atoms with van der Waals surface area (Å²) in [5.74, 6) is 1.43. The summed E-state index contributed by atoms with van der Waals surface area (Å²) in [5, 5.41) is 0. The number of amides is 1. The van der Waals surface area contributed by atoms with Crippen LogP contribution >= 0.6 is 0 Å². The summed E-state index contributed by atoms with van der Waals surface area (Å²) < 4.78 is 10.4. The Morgan fingerprint density at radius 1 is 1.35 bits per heavy atom. The van der Waals surface area contributed by atoms with E-state index < -0.39 is 0 Å². The zero-order valence-corrected chi connectivity index (χ0v) is 12.1. The number of nitrogens with two attached hydrogens (primary N) is 1. The van der Waals surface area contributed by atoms with Crippen molar-refractivity contribution in [3.8, 4) is 11.5 Å². The van der Waals surface area contributed by atoms with E-state index in [1.165, 1.54) is 0 Å². The van der Waals surface area contributed by atoms with E-state index in [1.54, 1.807) is 14.2 Å². The second-order valence-corrected chi connectivity index (χ2v) is 5.11. The van der Waals surface area contributed by atoms with Crippen molar-refractivity contribution >= 4 is 5.91 Å². The van der Waals surface area contributed by atoms with Crippen LogP contribution in [0.2, 0.25) is 0 Å². The molecule has 0 aliphatic carbocycles. The van der Waals surface area contributed by atoms with Crippen molar-refractivity contribution in [2.24, 2.45) is 5.73 Å². The second-order valence-electron chi connectivity index (χ2n) is 5.11. The van der Waals surface area contributed by atoms with Crippen molar-refractivity contribution in [1.29, 1.82) is 0 Å². The maximum Gasteiger partial charge on any atom is 0.227 e. The Morgan fingerprint density at radius 3 is 2.75 bits per heavy atom. The van der Waals surface area contributed by atoms with Crippen LogP contribution in [0.25, 0.3) is 0 Å². The minimum Gasteiger partial charge on any atom is -0.493 e. The molecule has 0 unspecified atom stereocenters. The molecule has 0 spiro atoms. The van der Waals surface area contributed by atoms with Crippen LogP contribution in [0, 0.1) is 0 Å². The first-order valence-electron chi connectivity index (χ1n) is 6.88. The Balaban J connectivity index is 2.03. The van der Waals surface area contributed by atoms with Gasteiger partial charge in [0.25, 0.3) is 0 Å². The summed E-state index contributed by atoms with van der Waals surface area (Å²) in [7, 11) is 3.19. The number of rotatable bonds is 4. The first-order chi connectivity index (χ1) is 9.63. The van der Waals surface area contributed by atoms with Gasteiger partial charge in [-0.15, -0.1) is 0 Å². The lowest BCUT2D eigenvalue weighted by Gasteiger charge is -2.30. The molecule has 1 aromatic carbocycles. The highest BCUT2D eigenvalue weighted by molar-refractivity contribution is 5.79. The average molecular weight is 278 g/mol. The van der Waals surface area contributed by atoms with E-state index in [9.17, 15) is 4.79 Å². The fourth-order valence-electron chi connectivity index (χ4n) is 2.51. The summed E-state index contributed by atoms with van der Waals surface area (Å²) >= 11 is 0. The predicted octanol–water partition coefficient (Wildman–Crippen LogP) is 1.20. The van der Waals surface area contributed by atoms with Gasteiger partial charge in [-0.2, -0.15) is 0 Å². The Labute approximate surface area is 119 Å². The molecule has 0 saturated carbocycles. The zero-order chi connectivity index (χ0) is 14.5. The van der Waals surface area contributed by atoms with Gasteiger partial charge < -0.3 is 20.1 Å². The summed E-state index contributed by atoms with van der Waals surface area (Å²) in [6, 6.07) is 5.67. The second kappa shape index (κ2) is 6.61. The van der Waals surface area contributed by atoms with Crippen molar-refractivity contribution in [2.75, 3.05) is 27.3 Å². The third-order valence-corrected chi connectivity index (χ3v) is 3.61. The van der Waals surface area contributed by atoms with Gasteiger partial charge in [0.1, 0.15) is 0 Å². The number of carbonyl (C=O) groups excluding carboxylic acids is 1. The van der Waals surface area contributed by atoms with Crippen molar-refractivity contribution in [2.45, 2.75) is 25.3 Å². The van der Waals surface area contributed by atoms with Gasteiger partial charge in [-0.1, -0.05) is 6.07 Å². The molecule has 5 nitrogen and oxygen atoms in total. The zero-order valence-electron chi connectivity index (χ0n) is 12.1. The van der Waals surface area contributed by atoms with E-state index in [-0.39, 0.29) is 11.9 Å². The quantitative estimate of drug-likeness (QED) is 0.898. The van der Waals surface area contributed by atoms with Gasteiger partial charge in [0.15, 0.2) is 11.5 Å². The van der Waals surface area contributed by atoms with Gasteiger partial charge in [0.2, 0.25) is 5.91 Å². The van der Waals surface area contributed by atoms with Gasteiger partial charge in [0, 0.05) is 19.1 Å². The maximum absolute atomic E-state index is 12.3. The number of benzene rings is 1. The molecule has 1 heterocycles. The number of hydrogen-bond acceptors (Lipinski definition) is 4. The van der Waals surface area contributed by atoms with E-state index >= 15 is 0 Å². The third kappa shape index (κ3) is 3.42. The molecule has 20 heavy (non-hydrogen) atoms. The molecule has 1 amide bonds. The molecule has 1 fully saturated rings. The first kappa shape index (κ1) is 14.7. The van der Waals surface area contributed by atoms with Crippen molar-refractivity contribution in [3.05, 3.63) is 23.8 Å². The number of carbonyl (C=O) groups is 1. The number of piperidine rings is 1. The molecule has 110 valence electrons. The summed E-state index contributed by atoms with van der Waals surface area (Å²) in [6.07, 6.45) is 2.35. The van der Waals surface area contributed by atoms with Crippen LogP contribution in [0.1, 0.15) is 18.4 Å². The Hall–Kier alpha value is -1.75. The minimum atomic E-state index is 0.109. The molecule has 1 aliphatic rings. The van der Waals surface area contributed by atoms with E-state index in [0.717, 1.165) is 24.9 Å². The molecule has 1 aromatic rings. The van der Waals surface area contributed by atoms with Gasteiger partial charge in [0.05, 0.1) is 20.6 Å². The molecular formula is C15H22N2O3. The highest BCUT2D eigenvalue weighted by atomic mass is 16.5. The van der Waals surface area contributed by atoms with Crippen molar-refractivity contribution in [3.63, 3.8) is 0 Å². The third-order valence-electron chi connectivity index (χ3n) is 3.61. The number of hydrogen-bond donors (Lipinski definition) is 1. The molecule has 1 aliphatic heterocycles. The first-order valence-corrected chi connectivity index (χ1v) is 6.88. The monoisotopic (exact) mass is 278 g/mol. The van der Waals surface area contributed by atoms with E-state index in [1.807, 2.05) is 23.1 Å². The molecule has 1 atom stereocenters. The van der Waals surface area contributed by atoms with Gasteiger partial charge in [-0.3, -0.25) is 4.79 Å². The molecule has 1 saturated heterocycles. The smallest absolute Gasteiger partial charge is 0.227 e. The maximum atomic E-state index is 12.3. The summed E-state index contributed by atoms with van der Waals surface area (Å²) in [6.45, 7) is 1.46. The van der Waals surface area contributed by atoms with E-state index in [4.69, 9.17) is 15.2 Å².